The maximum absolute atomic E-state index is 12.2. The van der Waals surface area contributed by atoms with Crippen molar-refractivity contribution in [3.05, 3.63) is 28.8 Å². The summed E-state index contributed by atoms with van der Waals surface area (Å²) >= 11 is 5.94. The standard InChI is InChI=1S/C15H19ClN2O3/c1-2-17-14(20)10-7-6-9(16)8-12(10)18-15(21)11-4-3-5-13(11)19/h6-8,11,13,19H,2-5H2,1H3,(H,17,20)(H,18,21). The monoisotopic (exact) mass is 310 g/mol. The molecule has 1 aromatic rings. The normalized spacial score (nSPS) is 21.1. The third-order valence-corrected chi connectivity index (χ3v) is 3.87. The van der Waals surface area contributed by atoms with Crippen LogP contribution in [0.4, 0.5) is 5.69 Å². The highest BCUT2D eigenvalue weighted by atomic mass is 35.5. The van der Waals surface area contributed by atoms with E-state index in [0.29, 0.717) is 35.7 Å². The van der Waals surface area contributed by atoms with E-state index in [1.807, 2.05) is 6.92 Å². The van der Waals surface area contributed by atoms with Crippen LogP contribution < -0.4 is 10.6 Å². The van der Waals surface area contributed by atoms with Crippen molar-refractivity contribution in [3.63, 3.8) is 0 Å². The van der Waals surface area contributed by atoms with Gasteiger partial charge in [-0.05, 0) is 44.4 Å². The Hall–Kier alpha value is -1.59. The third kappa shape index (κ3) is 3.74. The maximum Gasteiger partial charge on any atom is 0.253 e. The molecule has 1 saturated carbocycles. The molecule has 1 fully saturated rings. The second-order valence-electron chi connectivity index (χ2n) is 5.14. The smallest absolute Gasteiger partial charge is 0.253 e. The SMILES string of the molecule is CCNC(=O)c1ccc(Cl)cc1NC(=O)C1CCCC1O. The van der Waals surface area contributed by atoms with Crippen LogP contribution in [-0.4, -0.2) is 29.6 Å². The van der Waals surface area contributed by atoms with E-state index in [-0.39, 0.29) is 11.8 Å². The zero-order valence-electron chi connectivity index (χ0n) is 11.9. The van der Waals surface area contributed by atoms with Crippen molar-refractivity contribution in [1.82, 2.24) is 5.32 Å². The van der Waals surface area contributed by atoms with Gasteiger partial charge in [-0.15, -0.1) is 0 Å². The molecule has 2 rings (SSSR count). The molecular formula is C15H19ClN2O3. The molecule has 2 atom stereocenters. The number of amides is 2. The van der Waals surface area contributed by atoms with Gasteiger partial charge in [-0.3, -0.25) is 9.59 Å². The summed E-state index contributed by atoms with van der Waals surface area (Å²) in [5, 5.41) is 15.6. The van der Waals surface area contributed by atoms with E-state index < -0.39 is 12.0 Å². The van der Waals surface area contributed by atoms with Gasteiger partial charge in [0.05, 0.1) is 23.3 Å². The van der Waals surface area contributed by atoms with Crippen LogP contribution in [0.15, 0.2) is 18.2 Å². The molecule has 0 radical (unpaired) electrons. The minimum Gasteiger partial charge on any atom is -0.392 e. The van der Waals surface area contributed by atoms with Crippen LogP contribution in [0.1, 0.15) is 36.5 Å². The van der Waals surface area contributed by atoms with Crippen LogP contribution in [0.3, 0.4) is 0 Å². The minimum atomic E-state index is -0.614. The van der Waals surface area contributed by atoms with E-state index in [1.54, 1.807) is 18.2 Å². The van der Waals surface area contributed by atoms with Crippen molar-refractivity contribution in [2.45, 2.75) is 32.3 Å². The number of carbonyl (C=O) groups excluding carboxylic acids is 2. The average molecular weight is 311 g/mol. The molecule has 1 aliphatic rings. The number of aliphatic hydroxyl groups excluding tert-OH is 1. The molecule has 1 aromatic carbocycles. The Morgan fingerprint density at radius 3 is 2.76 bits per heavy atom. The van der Waals surface area contributed by atoms with Crippen molar-refractivity contribution < 1.29 is 14.7 Å². The Bertz CT molecular complexity index is 548. The molecule has 0 aromatic heterocycles. The van der Waals surface area contributed by atoms with Crippen molar-refractivity contribution in [2.75, 3.05) is 11.9 Å². The van der Waals surface area contributed by atoms with Gasteiger partial charge in [0.2, 0.25) is 5.91 Å². The van der Waals surface area contributed by atoms with Crippen LogP contribution >= 0.6 is 11.6 Å². The highest BCUT2D eigenvalue weighted by Crippen LogP contribution is 2.28. The fourth-order valence-corrected chi connectivity index (χ4v) is 2.72. The molecule has 1 aliphatic carbocycles. The number of halogens is 1. The van der Waals surface area contributed by atoms with E-state index in [0.717, 1.165) is 6.42 Å². The number of hydrogen-bond acceptors (Lipinski definition) is 3. The molecule has 0 saturated heterocycles. The predicted octanol–water partition coefficient (Wildman–Crippen LogP) is 2.19. The van der Waals surface area contributed by atoms with Crippen molar-refractivity contribution >= 4 is 29.1 Å². The van der Waals surface area contributed by atoms with Gasteiger partial charge in [-0.1, -0.05) is 11.6 Å². The molecule has 21 heavy (non-hydrogen) atoms. The predicted molar refractivity (Wildman–Crippen MR) is 81.4 cm³/mol. The summed E-state index contributed by atoms with van der Waals surface area (Å²) in [7, 11) is 0. The lowest BCUT2D eigenvalue weighted by atomic mass is 10.0. The second-order valence-corrected chi connectivity index (χ2v) is 5.58. The highest BCUT2D eigenvalue weighted by Gasteiger charge is 2.32. The summed E-state index contributed by atoms with van der Waals surface area (Å²) in [6, 6.07) is 4.73. The number of benzene rings is 1. The summed E-state index contributed by atoms with van der Waals surface area (Å²) in [5.74, 6) is -0.963. The Labute approximate surface area is 128 Å². The topological polar surface area (TPSA) is 78.4 Å². The minimum absolute atomic E-state index is 0.267. The largest absolute Gasteiger partial charge is 0.392 e. The highest BCUT2D eigenvalue weighted by molar-refractivity contribution is 6.31. The lowest BCUT2D eigenvalue weighted by Gasteiger charge is -2.16. The van der Waals surface area contributed by atoms with E-state index >= 15 is 0 Å². The van der Waals surface area contributed by atoms with Gasteiger partial charge in [0.1, 0.15) is 0 Å². The molecule has 6 heteroatoms. The van der Waals surface area contributed by atoms with Crippen LogP contribution in [0.5, 0.6) is 0 Å². The number of anilines is 1. The third-order valence-electron chi connectivity index (χ3n) is 3.64. The first-order valence-electron chi connectivity index (χ1n) is 7.09. The van der Waals surface area contributed by atoms with E-state index in [2.05, 4.69) is 10.6 Å². The lowest BCUT2D eigenvalue weighted by molar-refractivity contribution is -0.122. The van der Waals surface area contributed by atoms with E-state index in [4.69, 9.17) is 11.6 Å². The molecule has 0 aliphatic heterocycles. The first-order valence-corrected chi connectivity index (χ1v) is 7.47. The molecule has 0 heterocycles. The van der Waals surface area contributed by atoms with Crippen LogP contribution in [0, 0.1) is 5.92 Å². The van der Waals surface area contributed by atoms with Crippen molar-refractivity contribution in [3.8, 4) is 0 Å². The first-order chi connectivity index (χ1) is 10.0. The molecule has 2 amide bonds. The Morgan fingerprint density at radius 2 is 2.14 bits per heavy atom. The molecule has 0 spiro atoms. The second kappa shape index (κ2) is 6.91. The van der Waals surface area contributed by atoms with Crippen LogP contribution in [0.2, 0.25) is 5.02 Å². The van der Waals surface area contributed by atoms with Gasteiger partial charge in [0.15, 0.2) is 0 Å². The van der Waals surface area contributed by atoms with Gasteiger partial charge >= 0.3 is 0 Å². The van der Waals surface area contributed by atoms with Gasteiger partial charge in [-0.2, -0.15) is 0 Å². The zero-order valence-corrected chi connectivity index (χ0v) is 12.6. The molecule has 0 bridgehead atoms. The molecule has 2 unspecified atom stereocenters. The number of carbonyl (C=O) groups is 2. The van der Waals surface area contributed by atoms with Crippen molar-refractivity contribution in [2.24, 2.45) is 5.92 Å². The maximum atomic E-state index is 12.2. The first kappa shape index (κ1) is 15.8. The quantitative estimate of drug-likeness (QED) is 0.797. The summed E-state index contributed by atoms with van der Waals surface area (Å²) in [6.45, 7) is 2.32. The fourth-order valence-electron chi connectivity index (χ4n) is 2.55. The van der Waals surface area contributed by atoms with Gasteiger partial charge < -0.3 is 15.7 Å². The van der Waals surface area contributed by atoms with Crippen LogP contribution in [0.25, 0.3) is 0 Å². The molecule has 114 valence electrons. The van der Waals surface area contributed by atoms with E-state index in [9.17, 15) is 14.7 Å². The Kier molecular flexibility index (Phi) is 5.20. The Morgan fingerprint density at radius 1 is 1.38 bits per heavy atom. The summed E-state index contributed by atoms with van der Waals surface area (Å²) in [6.07, 6.45) is 1.51. The summed E-state index contributed by atoms with van der Waals surface area (Å²) < 4.78 is 0. The average Bonchev–Trinajstić information content (AvgIpc) is 2.85. The van der Waals surface area contributed by atoms with Gasteiger partial charge in [0.25, 0.3) is 5.91 Å². The van der Waals surface area contributed by atoms with Crippen LogP contribution in [-0.2, 0) is 4.79 Å². The fraction of sp³-hybridized carbons (Fsp3) is 0.467. The molecule has 3 N–H and O–H groups in total. The van der Waals surface area contributed by atoms with Crippen molar-refractivity contribution in [1.29, 1.82) is 0 Å². The number of hydrogen-bond donors (Lipinski definition) is 3. The van der Waals surface area contributed by atoms with Gasteiger partial charge in [0, 0.05) is 11.6 Å². The zero-order chi connectivity index (χ0) is 15.4. The number of rotatable bonds is 4. The van der Waals surface area contributed by atoms with E-state index in [1.165, 1.54) is 0 Å². The molecule has 5 nitrogen and oxygen atoms in total. The summed E-state index contributed by atoms with van der Waals surface area (Å²) in [5.41, 5.74) is 0.736. The Balaban J connectivity index is 2.20. The number of nitrogens with one attached hydrogen (secondary N) is 2. The molecular weight excluding hydrogens is 292 g/mol. The lowest BCUT2D eigenvalue weighted by Crippen LogP contribution is -2.30. The summed E-state index contributed by atoms with van der Waals surface area (Å²) in [4.78, 5) is 24.2. The number of aliphatic hydroxyl groups is 1. The van der Waals surface area contributed by atoms with Gasteiger partial charge in [-0.25, -0.2) is 0 Å².